The highest BCUT2D eigenvalue weighted by Crippen LogP contribution is 2.37. The van der Waals surface area contributed by atoms with Gasteiger partial charge in [0.1, 0.15) is 0 Å². The molecule has 0 aliphatic rings. The lowest BCUT2D eigenvalue weighted by molar-refractivity contribution is -0.394. The summed E-state index contributed by atoms with van der Waals surface area (Å²) in [7, 11) is 2.67. The number of benzene rings is 2. The van der Waals surface area contributed by atoms with Crippen molar-refractivity contribution in [1.82, 2.24) is 5.43 Å². The van der Waals surface area contributed by atoms with Crippen LogP contribution in [0.15, 0.2) is 29.4 Å². The summed E-state index contributed by atoms with van der Waals surface area (Å²) >= 11 is 0. The molecule has 0 radical (unpaired) electrons. The molecule has 2 aromatic carbocycles. The summed E-state index contributed by atoms with van der Waals surface area (Å²) in [5, 5.41) is 57.9. The Bertz CT molecular complexity index is 1190. The quantitative estimate of drug-likeness (QED) is 0.325. The molecule has 0 atom stereocenters. The van der Waals surface area contributed by atoms with E-state index in [2.05, 4.69) is 5.10 Å². The van der Waals surface area contributed by atoms with Crippen molar-refractivity contribution in [3.63, 3.8) is 0 Å². The molecule has 0 aliphatic heterocycles. The van der Waals surface area contributed by atoms with Crippen molar-refractivity contribution < 1.29 is 29.6 Å². The van der Waals surface area contributed by atoms with Crippen LogP contribution in [0.2, 0.25) is 0 Å². The minimum Gasteiger partial charge on any atom is -0.502 e. The van der Waals surface area contributed by atoms with Crippen molar-refractivity contribution in [3.05, 3.63) is 75.8 Å². The summed E-state index contributed by atoms with van der Waals surface area (Å²) in [4.78, 5) is 54.2. The third-order valence-electron chi connectivity index (χ3n) is 4.05. The van der Waals surface area contributed by atoms with E-state index in [9.17, 15) is 50.4 Å². The van der Waals surface area contributed by atoms with Gasteiger partial charge in [-0.05, 0) is 0 Å². The molecule has 0 unspecified atom stereocenters. The first kappa shape index (κ1) is 24.1. The number of nitro benzene ring substituents is 4. The highest BCUT2D eigenvalue weighted by Gasteiger charge is 2.30. The zero-order chi connectivity index (χ0) is 25.0. The second-order valence-electron chi connectivity index (χ2n) is 6.39. The number of rotatable bonds is 8. The van der Waals surface area contributed by atoms with E-state index in [0.29, 0.717) is 12.3 Å². The number of nitro groups is 4. The molecule has 0 saturated heterocycles. The number of carbonyl (C=O) groups excluding carboxylic acids is 1. The summed E-state index contributed by atoms with van der Waals surface area (Å²) in [5.41, 5.74) is -2.65. The van der Waals surface area contributed by atoms with Gasteiger partial charge in [-0.15, -0.1) is 0 Å². The number of carbonyl (C=O) groups is 1. The third kappa shape index (κ3) is 5.10. The van der Waals surface area contributed by atoms with Gasteiger partial charge in [-0.1, -0.05) is 0 Å². The summed E-state index contributed by atoms with van der Waals surface area (Å²) in [6.07, 6.45) is 0.657. The fourth-order valence-corrected chi connectivity index (χ4v) is 2.67. The van der Waals surface area contributed by atoms with Gasteiger partial charge in [0, 0.05) is 32.3 Å². The number of nitrogens with zero attached hydrogens (tertiary/aromatic N) is 6. The zero-order valence-corrected chi connectivity index (χ0v) is 16.7. The molecule has 172 valence electrons. The molecule has 17 nitrogen and oxygen atoms in total. The summed E-state index contributed by atoms with van der Waals surface area (Å²) in [5.74, 6) is -2.10. The molecule has 17 heteroatoms. The molecule has 2 rings (SSSR count). The first-order chi connectivity index (χ1) is 15.3. The van der Waals surface area contributed by atoms with Crippen LogP contribution < -0.4 is 10.3 Å². The molecule has 0 aliphatic carbocycles. The van der Waals surface area contributed by atoms with Gasteiger partial charge >= 0.3 is 5.69 Å². The number of phenols is 1. The van der Waals surface area contributed by atoms with Gasteiger partial charge in [-0.2, -0.15) is 5.10 Å². The van der Waals surface area contributed by atoms with E-state index in [-0.39, 0.29) is 5.69 Å². The lowest BCUT2D eigenvalue weighted by atomic mass is 10.1. The number of hydrogen-bond acceptors (Lipinski definition) is 12. The molecule has 0 fully saturated rings. The zero-order valence-electron chi connectivity index (χ0n) is 16.7. The Kier molecular flexibility index (Phi) is 6.77. The second-order valence-corrected chi connectivity index (χ2v) is 6.39. The van der Waals surface area contributed by atoms with Crippen LogP contribution in [-0.4, -0.2) is 51.0 Å². The molecule has 0 heterocycles. The Morgan fingerprint density at radius 2 is 1.42 bits per heavy atom. The van der Waals surface area contributed by atoms with Gasteiger partial charge in [0.15, 0.2) is 5.69 Å². The topological polar surface area (TPSA) is 237 Å². The van der Waals surface area contributed by atoms with Gasteiger partial charge < -0.3 is 10.0 Å². The van der Waals surface area contributed by atoms with Gasteiger partial charge in [-0.3, -0.25) is 45.3 Å². The summed E-state index contributed by atoms with van der Waals surface area (Å²) in [6, 6.07) is 2.83. The van der Waals surface area contributed by atoms with E-state index in [1.54, 1.807) is 0 Å². The normalized spacial score (nSPS) is 10.6. The van der Waals surface area contributed by atoms with Crippen molar-refractivity contribution in [1.29, 1.82) is 0 Å². The van der Waals surface area contributed by atoms with E-state index in [1.807, 2.05) is 5.43 Å². The van der Waals surface area contributed by atoms with Crippen LogP contribution in [0.25, 0.3) is 0 Å². The number of phenolic OH excluding ortho intramolecular Hbond substituents is 1. The van der Waals surface area contributed by atoms with Gasteiger partial charge in [0.2, 0.25) is 5.75 Å². The van der Waals surface area contributed by atoms with E-state index in [4.69, 9.17) is 0 Å². The summed E-state index contributed by atoms with van der Waals surface area (Å²) < 4.78 is 0. The molecule has 2 N–H and O–H groups in total. The molecule has 0 spiro atoms. The first-order valence-corrected chi connectivity index (χ1v) is 8.48. The molecule has 0 bridgehead atoms. The van der Waals surface area contributed by atoms with Crippen LogP contribution in [0, 0.1) is 40.5 Å². The highest BCUT2D eigenvalue weighted by molar-refractivity contribution is 5.98. The Morgan fingerprint density at radius 3 is 1.85 bits per heavy atom. The molecule has 0 saturated carbocycles. The van der Waals surface area contributed by atoms with Crippen molar-refractivity contribution in [2.45, 2.75) is 0 Å². The van der Waals surface area contributed by atoms with Crippen LogP contribution in [-0.2, 0) is 0 Å². The lowest BCUT2D eigenvalue weighted by Crippen LogP contribution is -2.20. The minimum absolute atomic E-state index is 0.348. The number of hydrazone groups is 1. The van der Waals surface area contributed by atoms with Crippen LogP contribution in [0.4, 0.5) is 28.4 Å². The maximum absolute atomic E-state index is 12.3. The van der Waals surface area contributed by atoms with Gasteiger partial charge in [-0.25, -0.2) is 5.43 Å². The Balaban J connectivity index is 2.44. The van der Waals surface area contributed by atoms with Crippen LogP contribution >= 0.6 is 0 Å². The highest BCUT2D eigenvalue weighted by atomic mass is 16.6. The Morgan fingerprint density at radius 1 is 0.909 bits per heavy atom. The van der Waals surface area contributed by atoms with Gasteiger partial charge in [0.05, 0.1) is 43.1 Å². The van der Waals surface area contributed by atoms with E-state index in [0.717, 1.165) is 23.1 Å². The summed E-state index contributed by atoms with van der Waals surface area (Å²) in [6.45, 7) is 0. The number of aromatic hydroxyl groups is 1. The number of anilines is 1. The first-order valence-electron chi connectivity index (χ1n) is 8.48. The maximum Gasteiger partial charge on any atom is 0.318 e. The predicted octanol–water partition coefficient (Wildman–Crippen LogP) is 1.85. The molecule has 1 amide bonds. The fourth-order valence-electron chi connectivity index (χ4n) is 2.67. The van der Waals surface area contributed by atoms with Crippen molar-refractivity contribution in [3.8, 4) is 5.75 Å². The third-order valence-corrected chi connectivity index (χ3v) is 4.05. The smallest absolute Gasteiger partial charge is 0.318 e. The van der Waals surface area contributed by atoms with E-state index in [1.165, 1.54) is 14.1 Å². The van der Waals surface area contributed by atoms with Crippen molar-refractivity contribution >= 4 is 40.6 Å². The average Bonchev–Trinajstić information content (AvgIpc) is 2.72. The number of hydrogen-bond donors (Lipinski definition) is 2. The Labute approximate surface area is 182 Å². The number of non-ortho nitro benzene ring substituents is 1. The monoisotopic (exact) mass is 463 g/mol. The minimum atomic E-state index is -1.14. The maximum atomic E-state index is 12.3. The molecular weight excluding hydrogens is 450 g/mol. The average molecular weight is 463 g/mol. The SMILES string of the molecule is CN(C)c1c([N+](=O)[O-])cc(C(=O)N/N=C/c2cc([N+](=O)[O-])cc([N+](=O)[O-])c2O)cc1[N+](=O)[O-]. The standard InChI is InChI=1S/C16H13N7O10/c1-19(2)14-11(21(28)29)4-8(5-12(14)22(30)31)16(25)18-17-7-9-3-10(20(26)27)6-13(15(9)24)23(32)33/h3-7,24H,1-2H3,(H,18,25)/b17-7+. The molecule has 33 heavy (non-hydrogen) atoms. The fraction of sp³-hybridized carbons (Fsp3) is 0.125. The molecular formula is C16H13N7O10. The largest absolute Gasteiger partial charge is 0.502 e. The van der Waals surface area contributed by atoms with Crippen molar-refractivity contribution in [2.24, 2.45) is 5.10 Å². The predicted molar refractivity (Wildman–Crippen MR) is 111 cm³/mol. The van der Waals surface area contributed by atoms with Crippen molar-refractivity contribution in [2.75, 3.05) is 19.0 Å². The number of amides is 1. The molecule has 0 aromatic heterocycles. The Hall–Kier alpha value is -5.22. The van der Waals surface area contributed by atoms with E-state index < -0.39 is 65.2 Å². The van der Waals surface area contributed by atoms with Crippen LogP contribution in [0.5, 0.6) is 5.75 Å². The van der Waals surface area contributed by atoms with Crippen LogP contribution in [0.3, 0.4) is 0 Å². The van der Waals surface area contributed by atoms with Crippen LogP contribution in [0.1, 0.15) is 15.9 Å². The lowest BCUT2D eigenvalue weighted by Gasteiger charge is -2.13. The molecule has 2 aromatic rings. The second kappa shape index (κ2) is 9.29. The number of nitrogens with one attached hydrogen (secondary N) is 1. The van der Waals surface area contributed by atoms with Gasteiger partial charge in [0.25, 0.3) is 23.0 Å². The van der Waals surface area contributed by atoms with E-state index >= 15 is 0 Å².